The van der Waals surface area contributed by atoms with Crippen LogP contribution in [0.25, 0.3) is 0 Å². The fourth-order valence-electron chi connectivity index (χ4n) is 3.26. The summed E-state index contributed by atoms with van der Waals surface area (Å²) in [7, 11) is 1.64. The fraction of sp³-hybridized carbons (Fsp3) is 0.316. The van der Waals surface area contributed by atoms with Gasteiger partial charge in [-0.3, -0.25) is 4.79 Å². The largest absolute Gasteiger partial charge is 0.496 e. The zero-order valence-corrected chi connectivity index (χ0v) is 14.0. The number of benzene rings is 1. The summed E-state index contributed by atoms with van der Waals surface area (Å²) in [5, 5.41) is 9.06. The Hall–Kier alpha value is -2.89. The lowest BCUT2D eigenvalue weighted by Gasteiger charge is -2.25. The summed E-state index contributed by atoms with van der Waals surface area (Å²) in [5.74, 6) is -0.546. The Bertz CT molecular complexity index is 790. The highest BCUT2D eigenvalue weighted by Gasteiger charge is 2.31. The number of pyridine rings is 1. The molecule has 130 valence electrons. The number of amides is 1. The molecule has 0 radical (unpaired) electrons. The summed E-state index contributed by atoms with van der Waals surface area (Å²) in [6.45, 7) is 0.650. The second-order valence-corrected chi connectivity index (χ2v) is 6.02. The molecule has 0 saturated carbocycles. The van der Waals surface area contributed by atoms with Gasteiger partial charge in [0.1, 0.15) is 17.1 Å². The fourth-order valence-corrected chi connectivity index (χ4v) is 3.26. The van der Waals surface area contributed by atoms with Gasteiger partial charge >= 0.3 is 5.97 Å². The molecule has 0 aliphatic carbocycles. The third-order valence-corrected chi connectivity index (χ3v) is 4.47. The van der Waals surface area contributed by atoms with Crippen LogP contribution in [0.15, 0.2) is 42.5 Å². The van der Waals surface area contributed by atoms with Gasteiger partial charge in [-0.2, -0.15) is 0 Å². The highest BCUT2D eigenvalue weighted by atomic mass is 16.5. The van der Waals surface area contributed by atoms with E-state index in [1.54, 1.807) is 24.1 Å². The topological polar surface area (TPSA) is 79.7 Å². The minimum atomic E-state index is -1.14. The van der Waals surface area contributed by atoms with E-state index in [4.69, 9.17) is 9.84 Å². The standard InChI is InChI=1S/C19H20N2O4/c1-25-17-10-3-2-6-13(17)12-14-7-5-11-21(14)18(22)15-8-4-9-16(20-15)19(23)24/h2-4,6,8-10,14H,5,7,11-12H2,1H3,(H,23,24)/t14-/m0/s1. The van der Waals surface area contributed by atoms with Gasteiger partial charge in [0.05, 0.1) is 7.11 Å². The van der Waals surface area contributed by atoms with E-state index in [2.05, 4.69) is 4.98 Å². The molecule has 1 saturated heterocycles. The average Bonchev–Trinajstić information content (AvgIpc) is 3.09. The van der Waals surface area contributed by atoms with E-state index in [1.807, 2.05) is 24.3 Å². The summed E-state index contributed by atoms with van der Waals surface area (Å²) < 4.78 is 5.40. The van der Waals surface area contributed by atoms with Crippen molar-refractivity contribution in [1.82, 2.24) is 9.88 Å². The smallest absolute Gasteiger partial charge is 0.354 e. The maximum absolute atomic E-state index is 12.8. The van der Waals surface area contributed by atoms with Crippen molar-refractivity contribution in [2.45, 2.75) is 25.3 Å². The van der Waals surface area contributed by atoms with E-state index in [9.17, 15) is 9.59 Å². The Morgan fingerprint density at radius 1 is 1.20 bits per heavy atom. The zero-order chi connectivity index (χ0) is 17.8. The molecule has 6 nitrogen and oxygen atoms in total. The van der Waals surface area contributed by atoms with Crippen LogP contribution in [0.3, 0.4) is 0 Å². The minimum absolute atomic E-state index is 0.0547. The minimum Gasteiger partial charge on any atom is -0.496 e. The molecule has 1 aromatic carbocycles. The number of carboxylic acid groups (broad SMARTS) is 1. The number of methoxy groups -OCH3 is 1. The number of hydrogen-bond acceptors (Lipinski definition) is 4. The number of likely N-dealkylation sites (tertiary alicyclic amines) is 1. The van der Waals surface area contributed by atoms with Crippen molar-refractivity contribution in [3.8, 4) is 5.75 Å². The number of carbonyl (C=O) groups is 2. The predicted molar refractivity (Wildman–Crippen MR) is 92.0 cm³/mol. The van der Waals surface area contributed by atoms with Crippen molar-refractivity contribution < 1.29 is 19.4 Å². The highest BCUT2D eigenvalue weighted by molar-refractivity contribution is 5.94. The number of nitrogens with zero attached hydrogens (tertiary/aromatic N) is 2. The van der Waals surface area contributed by atoms with Crippen LogP contribution < -0.4 is 4.74 Å². The predicted octanol–water partition coefficient (Wildman–Crippen LogP) is 2.64. The van der Waals surface area contributed by atoms with Crippen LogP contribution in [0.1, 0.15) is 39.4 Å². The van der Waals surface area contributed by atoms with Crippen LogP contribution in [-0.4, -0.2) is 46.6 Å². The van der Waals surface area contributed by atoms with E-state index in [-0.39, 0.29) is 23.3 Å². The molecule has 1 N–H and O–H groups in total. The van der Waals surface area contributed by atoms with Crippen molar-refractivity contribution in [1.29, 1.82) is 0 Å². The number of rotatable bonds is 5. The molecule has 1 aliphatic rings. The van der Waals surface area contributed by atoms with Crippen LogP contribution in [0.2, 0.25) is 0 Å². The van der Waals surface area contributed by atoms with Crippen molar-refractivity contribution >= 4 is 11.9 Å². The molecule has 2 heterocycles. The first-order valence-corrected chi connectivity index (χ1v) is 8.23. The number of aromatic nitrogens is 1. The Morgan fingerprint density at radius 2 is 1.96 bits per heavy atom. The highest BCUT2D eigenvalue weighted by Crippen LogP contribution is 2.27. The number of aromatic carboxylic acids is 1. The molecule has 0 spiro atoms. The second kappa shape index (κ2) is 7.34. The molecular weight excluding hydrogens is 320 g/mol. The van der Waals surface area contributed by atoms with Crippen LogP contribution in [0.5, 0.6) is 5.75 Å². The van der Waals surface area contributed by atoms with Gasteiger partial charge in [-0.25, -0.2) is 9.78 Å². The third kappa shape index (κ3) is 3.63. The van der Waals surface area contributed by atoms with Crippen LogP contribution in [0.4, 0.5) is 0 Å². The van der Waals surface area contributed by atoms with Crippen LogP contribution in [-0.2, 0) is 6.42 Å². The summed E-state index contributed by atoms with van der Waals surface area (Å²) >= 11 is 0. The molecule has 6 heteroatoms. The number of carbonyl (C=O) groups excluding carboxylic acids is 1. The molecule has 1 aromatic heterocycles. The first-order valence-electron chi connectivity index (χ1n) is 8.23. The van der Waals surface area contributed by atoms with Gasteiger partial charge in [0.2, 0.25) is 0 Å². The first kappa shape index (κ1) is 17.0. The molecule has 2 aromatic rings. The van der Waals surface area contributed by atoms with Gasteiger partial charge < -0.3 is 14.7 Å². The Kier molecular flexibility index (Phi) is 4.97. The van der Waals surface area contributed by atoms with Gasteiger partial charge in [0.15, 0.2) is 0 Å². The Morgan fingerprint density at radius 3 is 2.72 bits per heavy atom. The zero-order valence-electron chi connectivity index (χ0n) is 14.0. The number of para-hydroxylation sites is 1. The van der Waals surface area contributed by atoms with Crippen molar-refractivity contribution in [2.24, 2.45) is 0 Å². The lowest BCUT2D eigenvalue weighted by molar-refractivity contribution is 0.0689. The Labute approximate surface area is 146 Å². The van der Waals surface area contributed by atoms with Gasteiger partial charge in [-0.15, -0.1) is 0 Å². The summed E-state index contributed by atoms with van der Waals surface area (Å²) in [5.41, 5.74) is 1.11. The van der Waals surface area contributed by atoms with E-state index < -0.39 is 5.97 Å². The molecule has 3 rings (SSSR count). The van der Waals surface area contributed by atoms with E-state index in [1.165, 1.54) is 6.07 Å². The molecule has 0 bridgehead atoms. The van der Waals surface area contributed by atoms with Gasteiger partial charge in [0.25, 0.3) is 5.91 Å². The molecule has 25 heavy (non-hydrogen) atoms. The van der Waals surface area contributed by atoms with Crippen LogP contribution >= 0.6 is 0 Å². The molecule has 1 fully saturated rings. The van der Waals surface area contributed by atoms with Gasteiger partial charge in [-0.05, 0) is 43.0 Å². The van der Waals surface area contributed by atoms with Crippen molar-refractivity contribution in [3.05, 3.63) is 59.4 Å². The third-order valence-electron chi connectivity index (χ3n) is 4.47. The maximum atomic E-state index is 12.8. The molecule has 1 amide bonds. The van der Waals surface area contributed by atoms with Gasteiger partial charge in [0, 0.05) is 12.6 Å². The number of hydrogen-bond donors (Lipinski definition) is 1. The molecule has 1 aliphatic heterocycles. The number of carboxylic acids is 1. The summed E-state index contributed by atoms with van der Waals surface area (Å²) in [6.07, 6.45) is 2.53. The van der Waals surface area contributed by atoms with Crippen molar-refractivity contribution in [2.75, 3.05) is 13.7 Å². The lowest BCUT2D eigenvalue weighted by atomic mass is 10.0. The molecular formula is C19H20N2O4. The quantitative estimate of drug-likeness (QED) is 0.905. The summed E-state index contributed by atoms with van der Waals surface area (Å²) in [6, 6.07) is 12.3. The Balaban J connectivity index is 1.80. The lowest BCUT2D eigenvalue weighted by Crippen LogP contribution is -2.37. The molecule has 0 unspecified atom stereocenters. The molecule has 1 atom stereocenters. The first-order chi connectivity index (χ1) is 12.1. The monoisotopic (exact) mass is 340 g/mol. The van der Waals surface area contributed by atoms with Crippen LogP contribution in [0, 0.1) is 0 Å². The SMILES string of the molecule is COc1ccccc1C[C@@H]1CCCN1C(=O)c1cccc(C(=O)O)n1. The summed E-state index contributed by atoms with van der Waals surface area (Å²) in [4.78, 5) is 29.7. The normalized spacial score (nSPS) is 16.7. The van der Waals surface area contributed by atoms with E-state index >= 15 is 0 Å². The van der Waals surface area contributed by atoms with E-state index in [0.29, 0.717) is 13.0 Å². The van der Waals surface area contributed by atoms with E-state index in [0.717, 1.165) is 24.2 Å². The number of ether oxygens (including phenoxy) is 1. The van der Waals surface area contributed by atoms with Crippen molar-refractivity contribution in [3.63, 3.8) is 0 Å². The maximum Gasteiger partial charge on any atom is 0.354 e. The van der Waals surface area contributed by atoms with Gasteiger partial charge in [-0.1, -0.05) is 24.3 Å². The average molecular weight is 340 g/mol. The second-order valence-electron chi connectivity index (χ2n) is 6.02.